The van der Waals surface area contributed by atoms with Crippen LogP contribution in [0.3, 0.4) is 0 Å². The quantitative estimate of drug-likeness (QED) is 0.924. The van der Waals surface area contributed by atoms with Gasteiger partial charge in [0.15, 0.2) is 5.82 Å². The van der Waals surface area contributed by atoms with E-state index in [0.717, 1.165) is 30.2 Å². The third-order valence-corrected chi connectivity index (χ3v) is 3.33. The number of benzene rings is 1. The van der Waals surface area contributed by atoms with Crippen LogP contribution in [0.4, 0.5) is 11.6 Å². The molecule has 3 rings (SSSR count). The molecule has 2 N–H and O–H groups in total. The Hall–Kier alpha value is -2.34. The number of hydrogen-bond donors (Lipinski definition) is 1. The second-order valence-corrected chi connectivity index (χ2v) is 4.88. The van der Waals surface area contributed by atoms with Crippen LogP contribution in [0, 0.1) is 0 Å². The summed E-state index contributed by atoms with van der Waals surface area (Å²) in [6.45, 7) is 2.44. The predicted molar refractivity (Wildman–Crippen MR) is 80.1 cm³/mol. The lowest BCUT2D eigenvalue weighted by Gasteiger charge is -2.21. The molecular formula is C15H18N4O2. The molecule has 0 saturated carbocycles. The zero-order valence-corrected chi connectivity index (χ0v) is 12.0. The number of nitrogens with two attached hydrogens (primary N) is 1. The Kier molecular flexibility index (Phi) is 3.87. The van der Waals surface area contributed by atoms with Crippen LogP contribution in [0.15, 0.2) is 30.3 Å². The van der Waals surface area contributed by atoms with Gasteiger partial charge in [-0.2, -0.15) is 0 Å². The number of anilines is 2. The van der Waals surface area contributed by atoms with Crippen LogP contribution < -0.4 is 15.4 Å². The molecule has 110 valence electrons. The van der Waals surface area contributed by atoms with E-state index in [1.807, 2.05) is 18.2 Å². The van der Waals surface area contributed by atoms with E-state index in [9.17, 15) is 0 Å². The zero-order chi connectivity index (χ0) is 14.7. The third-order valence-electron chi connectivity index (χ3n) is 3.33. The SMILES string of the molecule is COCc1nc(N)cc(N2CCOc3ccccc3C2)n1. The van der Waals surface area contributed by atoms with Gasteiger partial charge in [-0.3, -0.25) is 0 Å². The average Bonchev–Trinajstić information content (AvgIpc) is 2.69. The van der Waals surface area contributed by atoms with Crippen molar-refractivity contribution in [1.82, 2.24) is 9.97 Å². The Bertz CT molecular complexity index is 633. The molecule has 0 fully saturated rings. The molecule has 0 spiro atoms. The first kappa shape index (κ1) is 13.6. The van der Waals surface area contributed by atoms with Gasteiger partial charge in [-0.15, -0.1) is 0 Å². The fourth-order valence-corrected chi connectivity index (χ4v) is 2.38. The van der Waals surface area contributed by atoms with Crippen molar-refractivity contribution in [3.8, 4) is 5.75 Å². The predicted octanol–water partition coefficient (Wildman–Crippen LogP) is 1.60. The molecule has 6 nitrogen and oxygen atoms in total. The van der Waals surface area contributed by atoms with E-state index in [4.69, 9.17) is 15.2 Å². The van der Waals surface area contributed by atoms with Crippen LogP contribution in [-0.4, -0.2) is 30.2 Å². The largest absolute Gasteiger partial charge is 0.491 e. The van der Waals surface area contributed by atoms with Gasteiger partial charge in [0.25, 0.3) is 0 Å². The van der Waals surface area contributed by atoms with Crippen molar-refractivity contribution in [2.75, 3.05) is 30.9 Å². The smallest absolute Gasteiger partial charge is 0.158 e. The average molecular weight is 286 g/mol. The van der Waals surface area contributed by atoms with Gasteiger partial charge < -0.3 is 20.1 Å². The second-order valence-electron chi connectivity index (χ2n) is 4.88. The zero-order valence-electron chi connectivity index (χ0n) is 12.0. The number of para-hydroxylation sites is 1. The van der Waals surface area contributed by atoms with Gasteiger partial charge in [0.2, 0.25) is 0 Å². The first-order valence-electron chi connectivity index (χ1n) is 6.84. The first-order chi connectivity index (χ1) is 10.3. The fourth-order valence-electron chi connectivity index (χ4n) is 2.38. The maximum atomic E-state index is 5.87. The van der Waals surface area contributed by atoms with Crippen molar-refractivity contribution in [2.45, 2.75) is 13.2 Å². The van der Waals surface area contributed by atoms with Crippen LogP contribution in [0.2, 0.25) is 0 Å². The number of aromatic nitrogens is 2. The Morgan fingerprint density at radius 1 is 1.33 bits per heavy atom. The number of ether oxygens (including phenoxy) is 2. The molecule has 1 aliphatic heterocycles. The van der Waals surface area contributed by atoms with Crippen molar-refractivity contribution in [3.63, 3.8) is 0 Å². The van der Waals surface area contributed by atoms with Gasteiger partial charge in [0.1, 0.15) is 30.6 Å². The number of methoxy groups -OCH3 is 1. The van der Waals surface area contributed by atoms with E-state index in [0.29, 0.717) is 24.9 Å². The molecule has 0 saturated heterocycles. The maximum Gasteiger partial charge on any atom is 0.158 e. The summed E-state index contributed by atoms with van der Waals surface area (Å²) in [7, 11) is 1.61. The summed E-state index contributed by atoms with van der Waals surface area (Å²) >= 11 is 0. The van der Waals surface area contributed by atoms with Gasteiger partial charge in [0.05, 0.1) is 6.54 Å². The topological polar surface area (TPSA) is 73.5 Å². The first-order valence-corrected chi connectivity index (χ1v) is 6.84. The minimum absolute atomic E-state index is 0.346. The van der Waals surface area contributed by atoms with E-state index in [-0.39, 0.29) is 0 Å². The molecule has 0 atom stereocenters. The monoisotopic (exact) mass is 286 g/mol. The summed E-state index contributed by atoms with van der Waals surface area (Å²) in [5, 5.41) is 0. The molecule has 2 aromatic rings. The van der Waals surface area contributed by atoms with Gasteiger partial charge in [-0.05, 0) is 6.07 Å². The molecule has 0 unspecified atom stereocenters. The maximum absolute atomic E-state index is 5.87. The van der Waals surface area contributed by atoms with Gasteiger partial charge in [-0.25, -0.2) is 9.97 Å². The van der Waals surface area contributed by atoms with Gasteiger partial charge in [0, 0.05) is 25.3 Å². The lowest BCUT2D eigenvalue weighted by Crippen LogP contribution is -2.26. The van der Waals surface area contributed by atoms with Crippen molar-refractivity contribution in [1.29, 1.82) is 0 Å². The Morgan fingerprint density at radius 2 is 2.19 bits per heavy atom. The molecule has 21 heavy (non-hydrogen) atoms. The van der Waals surface area contributed by atoms with Gasteiger partial charge in [-0.1, -0.05) is 18.2 Å². The Labute approximate surface area is 123 Å². The highest BCUT2D eigenvalue weighted by Crippen LogP contribution is 2.25. The van der Waals surface area contributed by atoms with E-state index < -0.39 is 0 Å². The highest BCUT2D eigenvalue weighted by atomic mass is 16.5. The van der Waals surface area contributed by atoms with E-state index in [1.54, 1.807) is 13.2 Å². The third kappa shape index (κ3) is 3.05. The Morgan fingerprint density at radius 3 is 3.05 bits per heavy atom. The van der Waals surface area contributed by atoms with E-state index in [2.05, 4.69) is 20.9 Å². The summed E-state index contributed by atoms with van der Waals surface area (Å²) in [6, 6.07) is 9.83. The van der Waals surface area contributed by atoms with Crippen LogP contribution in [0.25, 0.3) is 0 Å². The number of nitrogen functional groups attached to an aromatic ring is 1. The van der Waals surface area contributed by atoms with E-state index >= 15 is 0 Å². The number of hydrogen-bond acceptors (Lipinski definition) is 6. The van der Waals surface area contributed by atoms with Crippen molar-refractivity contribution in [3.05, 3.63) is 41.7 Å². The molecule has 1 aromatic heterocycles. The highest BCUT2D eigenvalue weighted by Gasteiger charge is 2.17. The molecule has 6 heteroatoms. The molecule has 0 radical (unpaired) electrons. The van der Waals surface area contributed by atoms with Crippen LogP contribution in [0.5, 0.6) is 5.75 Å². The molecule has 1 aliphatic rings. The number of nitrogens with zero attached hydrogens (tertiary/aromatic N) is 3. The lowest BCUT2D eigenvalue weighted by molar-refractivity contribution is 0.178. The molecule has 2 heterocycles. The van der Waals surface area contributed by atoms with Crippen LogP contribution in [0.1, 0.15) is 11.4 Å². The Balaban J connectivity index is 1.90. The van der Waals surface area contributed by atoms with Crippen LogP contribution >= 0.6 is 0 Å². The van der Waals surface area contributed by atoms with E-state index in [1.165, 1.54) is 0 Å². The molecule has 0 aliphatic carbocycles. The van der Waals surface area contributed by atoms with Crippen molar-refractivity contribution >= 4 is 11.6 Å². The number of rotatable bonds is 3. The summed E-state index contributed by atoms with van der Waals surface area (Å²) < 4.78 is 10.8. The summed E-state index contributed by atoms with van der Waals surface area (Å²) in [4.78, 5) is 10.8. The standard InChI is InChI=1S/C15H18N4O2/c1-20-10-14-17-13(16)8-15(18-14)19-6-7-21-12-5-3-2-4-11(12)9-19/h2-5,8H,6-7,9-10H2,1H3,(H2,16,17,18). The molecule has 0 amide bonds. The summed E-state index contributed by atoms with van der Waals surface area (Å²) in [6.07, 6.45) is 0. The summed E-state index contributed by atoms with van der Waals surface area (Å²) in [5.74, 6) is 2.77. The number of fused-ring (bicyclic) bond motifs is 1. The second kappa shape index (κ2) is 5.97. The minimum Gasteiger partial charge on any atom is -0.491 e. The van der Waals surface area contributed by atoms with Crippen LogP contribution in [-0.2, 0) is 17.9 Å². The fraction of sp³-hybridized carbons (Fsp3) is 0.333. The highest BCUT2D eigenvalue weighted by molar-refractivity contribution is 5.49. The molecular weight excluding hydrogens is 268 g/mol. The summed E-state index contributed by atoms with van der Waals surface area (Å²) in [5.41, 5.74) is 7.00. The normalized spacial score (nSPS) is 14.2. The molecule has 0 bridgehead atoms. The van der Waals surface area contributed by atoms with Crippen molar-refractivity contribution in [2.24, 2.45) is 0 Å². The minimum atomic E-state index is 0.346. The van der Waals surface area contributed by atoms with Crippen molar-refractivity contribution < 1.29 is 9.47 Å². The lowest BCUT2D eigenvalue weighted by atomic mass is 10.2. The van der Waals surface area contributed by atoms with Gasteiger partial charge >= 0.3 is 0 Å². The molecule has 1 aromatic carbocycles.